The van der Waals surface area contributed by atoms with E-state index in [4.69, 9.17) is 4.74 Å². The second-order valence-electron chi connectivity index (χ2n) is 4.97. The van der Waals surface area contributed by atoms with Gasteiger partial charge in [0.2, 0.25) is 0 Å². The molecule has 0 aliphatic carbocycles. The first kappa shape index (κ1) is 15.0. The maximum Gasteiger partial charge on any atom is 0.157 e. The summed E-state index contributed by atoms with van der Waals surface area (Å²) in [5.74, 6) is 0.862. The smallest absolute Gasteiger partial charge is 0.157 e. The molecule has 2 atom stereocenters. The summed E-state index contributed by atoms with van der Waals surface area (Å²) < 4.78 is 7.75. The Balaban J connectivity index is 2.28. The fourth-order valence-electron chi connectivity index (χ4n) is 1.93. The molecule has 2 unspecified atom stereocenters. The van der Waals surface area contributed by atoms with Crippen molar-refractivity contribution in [1.29, 1.82) is 0 Å². The molecule has 4 heteroatoms. The van der Waals surface area contributed by atoms with Gasteiger partial charge in [-0.3, -0.25) is 4.68 Å². The van der Waals surface area contributed by atoms with Gasteiger partial charge in [-0.1, -0.05) is 20.3 Å². The highest BCUT2D eigenvalue weighted by atomic mass is 16.5. The van der Waals surface area contributed by atoms with Crippen LogP contribution in [0.1, 0.15) is 47.0 Å². The first-order chi connectivity index (χ1) is 8.65. The van der Waals surface area contributed by atoms with Gasteiger partial charge in [0.05, 0.1) is 12.4 Å². The monoisotopic (exact) mass is 253 g/mol. The third kappa shape index (κ3) is 5.54. The van der Waals surface area contributed by atoms with Crippen molar-refractivity contribution >= 4 is 0 Å². The van der Waals surface area contributed by atoms with Crippen LogP contribution >= 0.6 is 0 Å². The Labute approximate surface area is 111 Å². The average Bonchev–Trinajstić information content (AvgIpc) is 2.75. The summed E-state index contributed by atoms with van der Waals surface area (Å²) in [7, 11) is 0. The van der Waals surface area contributed by atoms with Gasteiger partial charge >= 0.3 is 0 Å². The zero-order valence-electron chi connectivity index (χ0n) is 12.1. The molecule has 1 rings (SSSR count). The number of hydrogen-bond donors (Lipinski definition) is 1. The minimum atomic E-state index is 0.170. The third-order valence-corrected chi connectivity index (χ3v) is 2.87. The summed E-state index contributed by atoms with van der Waals surface area (Å²) in [6.45, 7) is 10.5. The zero-order chi connectivity index (χ0) is 13.4. The van der Waals surface area contributed by atoms with E-state index in [9.17, 15) is 0 Å². The first-order valence-electron chi connectivity index (χ1n) is 7.08. The van der Waals surface area contributed by atoms with E-state index in [0.29, 0.717) is 6.04 Å². The molecule has 0 fully saturated rings. The highest BCUT2D eigenvalue weighted by molar-refractivity contribution is 5.12. The van der Waals surface area contributed by atoms with Crippen LogP contribution in [0.4, 0.5) is 0 Å². The Morgan fingerprint density at radius 3 is 2.78 bits per heavy atom. The molecule has 0 aliphatic heterocycles. The van der Waals surface area contributed by atoms with E-state index < -0.39 is 0 Å². The van der Waals surface area contributed by atoms with E-state index in [1.807, 2.05) is 10.9 Å². The summed E-state index contributed by atoms with van der Waals surface area (Å²) in [6.07, 6.45) is 7.45. The molecule has 0 saturated heterocycles. The van der Waals surface area contributed by atoms with Crippen LogP contribution in [0.15, 0.2) is 12.4 Å². The molecule has 4 nitrogen and oxygen atoms in total. The number of aryl methyl sites for hydroxylation is 1. The number of aromatic nitrogens is 2. The number of nitrogens with one attached hydrogen (secondary N) is 1. The molecule has 1 N–H and O–H groups in total. The van der Waals surface area contributed by atoms with Crippen molar-refractivity contribution in [2.45, 2.75) is 65.6 Å². The van der Waals surface area contributed by atoms with E-state index in [1.165, 1.54) is 12.8 Å². The summed E-state index contributed by atoms with van der Waals surface area (Å²) in [5, 5.41) is 7.74. The van der Waals surface area contributed by atoms with Crippen LogP contribution in [0.25, 0.3) is 0 Å². The lowest BCUT2D eigenvalue weighted by molar-refractivity contribution is 0.211. The Morgan fingerprint density at radius 1 is 1.33 bits per heavy atom. The second-order valence-corrected chi connectivity index (χ2v) is 4.97. The van der Waals surface area contributed by atoms with Crippen molar-refractivity contribution in [1.82, 2.24) is 15.1 Å². The number of hydrogen-bond acceptors (Lipinski definition) is 3. The van der Waals surface area contributed by atoms with Crippen LogP contribution < -0.4 is 10.1 Å². The molecule has 1 aromatic rings. The van der Waals surface area contributed by atoms with Gasteiger partial charge in [-0.15, -0.1) is 0 Å². The van der Waals surface area contributed by atoms with E-state index >= 15 is 0 Å². The predicted octanol–water partition coefficient (Wildman–Crippen LogP) is 2.84. The van der Waals surface area contributed by atoms with E-state index in [1.54, 1.807) is 6.20 Å². The maximum absolute atomic E-state index is 5.82. The highest BCUT2D eigenvalue weighted by Crippen LogP contribution is 2.10. The fraction of sp³-hybridized carbons (Fsp3) is 0.786. The normalized spacial score (nSPS) is 14.4. The zero-order valence-corrected chi connectivity index (χ0v) is 12.1. The highest BCUT2D eigenvalue weighted by Gasteiger charge is 2.07. The minimum absolute atomic E-state index is 0.170. The molecule has 0 aliphatic rings. The molecular formula is C14H27N3O. The molecule has 0 radical (unpaired) electrons. The van der Waals surface area contributed by atoms with Crippen molar-refractivity contribution in [2.24, 2.45) is 0 Å². The quantitative estimate of drug-likeness (QED) is 0.735. The lowest BCUT2D eigenvalue weighted by Gasteiger charge is -2.17. The van der Waals surface area contributed by atoms with Gasteiger partial charge in [-0.25, -0.2) is 0 Å². The van der Waals surface area contributed by atoms with Gasteiger partial charge < -0.3 is 10.1 Å². The van der Waals surface area contributed by atoms with Crippen LogP contribution in [0.3, 0.4) is 0 Å². The van der Waals surface area contributed by atoms with E-state index in [-0.39, 0.29) is 6.10 Å². The van der Waals surface area contributed by atoms with Crippen LogP contribution in [0, 0.1) is 0 Å². The minimum Gasteiger partial charge on any atom is -0.486 e. The number of ether oxygens (including phenoxy) is 1. The van der Waals surface area contributed by atoms with Gasteiger partial charge in [0.25, 0.3) is 0 Å². The average molecular weight is 253 g/mol. The van der Waals surface area contributed by atoms with Crippen LogP contribution in [-0.2, 0) is 6.54 Å². The Morgan fingerprint density at radius 2 is 2.11 bits per heavy atom. The predicted molar refractivity (Wildman–Crippen MR) is 75.0 cm³/mol. The summed E-state index contributed by atoms with van der Waals surface area (Å²) in [4.78, 5) is 0. The number of nitrogens with zero attached hydrogens (tertiary/aromatic N) is 2. The summed E-state index contributed by atoms with van der Waals surface area (Å²) in [6, 6.07) is 0.559. The van der Waals surface area contributed by atoms with Crippen molar-refractivity contribution < 1.29 is 4.74 Å². The molecular weight excluding hydrogens is 226 g/mol. The second kappa shape index (κ2) is 8.14. The first-order valence-corrected chi connectivity index (χ1v) is 7.08. The Bertz CT molecular complexity index is 325. The largest absolute Gasteiger partial charge is 0.486 e. The van der Waals surface area contributed by atoms with Crippen molar-refractivity contribution in [2.75, 3.05) is 6.54 Å². The summed E-state index contributed by atoms with van der Waals surface area (Å²) >= 11 is 0. The van der Waals surface area contributed by atoms with Crippen LogP contribution in [0.2, 0.25) is 0 Å². The molecule has 0 amide bonds. The molecule has 0 aromatic carbocycles. The lowest BCUT2D eigenvalue weighted by Crippen LogP contribution is -2.34. The van der Waals surface area contributed by atoms with Crippen molar-refractivity contribution in [3.63, 3.8) is 0 Å². The SMILES string of the molecule is CCCC(C)NCC(C)Oc1cnn(CCC)c1. The molecule has 0 bridgehead atoms. The fourth-order valence-corrected chi connectivity index (χ4v) is 1.93. The standard InChI is InChI=1S/C14H27N3O/c1-5-7-12(3)15-9-13(4)18-14-10-16-17(11-14)8-6-2/h10-13,15H,5-9H2,1-4H3. The van der Waals surface area contributed by atoms with Gasteiger partial charge in [0, 0.05) is 19.1 Å². The Kier molecular flexibility index (Phi) is 6.80. The van der Waals surface area contributed by atoms with Crippen molar-refractivity contribution in [3.05, 3.63) is 12.4 Å². The summed E-state index contributed by atoms with van der Waals surface area (Å²) in [5.41, 5.74) is 0. The molecule has 18 heavy (non-hydrogen) atoms. The topological polar surface area (TPSA) is 39.1 Å². The number of rotatable bonds is 9. The van der Waals surface area contributed by atoms with Crippen molar-refractivity contribution in [3.8, 4) is 5.75 Å². The van der Waals surface area contributed by atoms with E-state index in [0.717, 1.165) is 25.3 Å². The Hall–Kier alpha value is -1.03. The molecule has 104 valence electrons. The molecule has 0 saturated carbocycles. The molecule has 1 aromatic heterocycles. The van der Waals surface area contributed by atoms with Gasteiger partial charge in [-0.05, 0) is 26.7 Å². The maximum atomic E-state index is 5.82. The van der Waals surface area contributed by atoms with Gasteiger partial charge in [-0.2, -0.15) is 5.10 Å². The van der Waals surface area contributed by atoms with Crippen LogP contribution in [-0.4, -0.2) is 28.5 Å². The molecule has 0 spiro atoms. The third-order valence-electron chi connectivity index (χ3n) is 2.87. The van der Waals surface area contributed by atoms with Gasteiger partial charge in [0.15, 0.2) is 5.75 Å². The molecule has 1 heterocycles. The van der Waals surface area contributed by atoms with E-state index in [2.05, 4.69) is 38.1 Å². The van der Waals surface area contributed by atoms with Gasteiger partial charge in [0.1, 0.15) is 6.10 Å². The van der Waals surface area contributed by atoms with Crippen LogP contribution in [0.5, 0.6) is 5.75 Å². The lowest BCUT2D eigenvalue weighted by atomic mass is 10.2.